The molecule has 4 heteroatoms. The summed E-state index contributed by atoms with van der Waals surface area (Å²) in [5, 5.41) is 4.09. The first-order valence-corrected chi connectivity index (χ1v) is 9.11. The molecule has 4 aromatic rings. The number of para-hydroxylation sites is 1. The molecule has 1 N–H and O–H groups in total. The van der Waals surface area contributed by atoms with E-state index >= 15 is 0 Å². The number of nitrogens with zero attached hydrogens (tertiary/aromatic N) is 1. The van der Waals surface area contributed by atoms with Crippen LogP contribution in [0.2, 0.25) is 0 Å². The Hall–Kier alpha value is -3.01. The third-order valence-electron chi connectivity index (χ3n) is 4.74. The van der Waals surface area contributed by atoms with Gasteiger partial charge in [-0.25, -0.2) is 0 Å². The average molecular weight is 346 g/mol. The number of carbonyl (C=O) groups is 1. The average Bonchev–Trinajstić information content (AvgIpc) is 3.21. The van der Waals surface area contributed by atoms with Gasteiger partial charge in [0.05, 0.1) is 5.52 Å². The summed E-state index contributed by atoms with van der Waals surface area (Å²) in [6.07, 6.45) is 1.88. The van der Waals surface area contributed by atoms with E-state index in [1.807, 2.05) is 60.0 Å². The Morgan fingerprint density at radius 1 is 1.04 bits per heavy atom. The van der Waals surface area contributed by atoms with Crippen LogP contribution < -0.4 is 5.32 Å². The van der Waals surface area contributed by atoms with Gasteiger partial charge in [0.2, 0.25) is 0 Å². The Morgan fingerprint density at radius 2 is 1.81 bits per heavy atom. The maximum atomic E-state index is 12.7. The van der Waals surface area contributed by atoms with E-state index in [1.54, 1.807) is 0 Å². The summed E-state index contributed by atoms with van der Waals surface area (Å²) in [4.78, 5) is 12.7. The predicted molar refractivity (Wildman–Crippen MR) is 104 cm³/mol. The smallest absolute Gasteiger partial charge is 0.268 e. The summed E-state index contributed by atoms with van der Waals surface area (Å²) in [7, 11) is 0. The van der Waals surface area contributed by atoms with E-state index in [0.29, 0.717) is 12.2 Å². The van der Waals surface area contributed by atoms with Crippen molar-refractivity contribution in [3.05, 3.63) is 71.9 Å². The quantitative estimate of drug-likeness (QED) is 0.511. The van der Waals surface area contributed by atoms with Gasteiger partial charge in [-0.05, 0) is 37.5 Å². The molecule has 0 unspecified atom stereocenters. The number of amides is 1. The molecule has 0 aliphatic carbocycles. The van der Waals surface area contributed by atoms with Gasteiger partial charge in [-0.3, -0.25) is 4.79 Å². The molecule has 2 heterocycles. The molecular formula is C22H22N2O2. The van der Waals surface area contributed by atoms with Crippen molar-refractivity contribution in [3.8, 4) is 0 Å². The lowest BCUT2D eigenvalue weighted by atomic mass is 10.1. The van der Waals surface area contributed by atoms with Crippen molar-refractivity contribution >= 4 is 28.0 Å². The third kappa shape index (κ3) is 2.99. The lowest BCUT2D eigenvalue weighted by Gasteiger charge is -2.09. The number of furan rings is 1. The second-order valence-corrected chi connectivity index (χ2v) is 6.43. The molecule has 26 heavy (non-hydrogen) atoms. The molecule has 4 nitrogen and oxygen atoms in total. The van der Waals surface area contributed by atoms with Crippen LogP contribution >= 0.6 is 0 Å². The van der Waals surface area contributed by atoms with Gasteiger partial charge in [-0.15, -0.1) is 0 Å². The van der Waals surface area contributed by atoms with E-state index in [4.69, 9.17) is 4.42 Å². The molecule has 0 aliphatic heterocycles. The van der Waals surface area contributed by atoms with E-state index in [1.165, 1.54) is 5.56 Å². The molecule has 1 amide bonds. The number of nitrogens with one attached hydrogen (secondary N) is 1. The van der Waals surface area contributed by atoms with Gasteiger partial charge in [0.25, 0.3) is 5.91 Å². The van der Waals surface area contributed by atoms with Gasteiger partial charge in [-0.1, -0.05) is 42.5 Å². The van der Waals surface area contributed by atoms with Crippen molar-refractivity contribution in [1.29, 1.82) is 0 Å². The minimum absolute atomic E-state index is 0.0459. The van der Waals surface area contributed by atoms with Crippen LogP contribution in [0.15, 0.2) is 65.1 Å². The summed E-state index contributed by atoms with van der Waals surface area (Å²) in [5.74, 6) is -0.0459. The molecule has 4 rings (SSSR count). The number of hydrogen-bond donors (Lipinski definition) is 1. The molecule has 0 spiro atoms. The second-order valence-electron chi connectivity index (χ2n) is 6.43. The van der Waals surface area contributed by atoms with Gasteiger partial charge in [-0.2, -0.15) is 0 Å². The number of fused-ring (bicyclic) bond motifs is 3. The summed E-state index contributed by atoms with van der Waals surface area (Å²) in [5.41, 5.74) is 4.57. The SMILES string of the molecule is CCn1c(C(=O)NCCCc2ccccc2)cc2oc3ccccc3c21. The van der Waals surface area contributed by atoms with Crippen molar-refractivity contribution in [2.45, 2.75) is 26.3 Å². The highest BCUT2D eigenvalue weighted by molar-refractivity contribution is 6.07. The van der Waals surface area contributed by atoms with E-state index in [9.17, 15) is 4.79 Å². The van der Waals surface area contributed by atoms with Gasteiger partial charge in [0.1, 0.15) is 11.3 Å². The molecule has 0 bridgehead atoms. The summed E-state index contributed by atoms with van der Waals surface area (Å²) in [6, 6.07) is 20.1. The van der Waals surface area contributed by atoms with Crippen LogP contribution in [0.1, 0.15) is 29.4 Å². The van der Waals surface area contributed by atoms with Gasteiger partial charge >= 0.3 is 0 Å². The zero-order valence-electron chi connectivity index (χ0n) is 14.9. The highest BCUT2D eigenvalue weighted by Crippen LogP contribution is 2.31. The standard InChI is InChI=1S/C22H22N2O2/c1-2-24-18(15-20-21(24)17-12-6-7-13-19(17)26-20)22(25)23-14-8-11-16-9-4-3-5-10-16/h3-7,9-10,12-13,15H,2,8,11,14H2,1H3,(H,23,25). The lowest BCUT2D eigenvalue weighted by molar-refractivity contribution is 0.0944. The first kappa shape index (κ1) is 16.5. The first-order valence-electron chi connectivity index (χ1n) is 9.11. The highest BCUT2D eigenvalue weighted by atomic mass is 16.3. The maximum Gasteiger partial charge on any atom is 0.268 e. The molecule has 132 valence electrons. The van der Waals surface area contributed by atoms with Gasteiger partial charge < -0.3 is 14.3 Å². The normalized spacial score (nSPS) is 11.3. The third-order valence-corrected chi connectivity index (χ3v) is 4.74. The Balaban J connectivity index is 1.49. The second kappa shape index (κ2) is 7.08. The van der Waals surface area contributed by atoms with E-state index in [2.05, 4.69) is 17.4 Å². The predicted octanol–water partition coefficient (Wildman–Crippen LogP) is 4.77. The van der Waals surface area contributed by atoms with Crippen LogP contribution in [-0.4, -0.2) is 17.0 Å². The van der Waals surface area contributed by atoms with Crippen molar-refractivity contribution in [2.75, 3.05) is 6.54 Å². The van der Waals surface area contributed by atoms with Gasteiger partial charge in [0.15, 0.2) is 5.58 Å². The topological polar surface area (TPSA) is 47.2 Å². The molecule has 0 saturated heterocycles. The molecular weight excluding hydrogens is 324 g/mol. The van der Waals surface area contributed by atoms with E-state index < -0.39 is 0 Å². The largest absolute Gasteiger partial charge is 0.454 e. The molecule has 0 radical (unpaired) electrons. The van der Waals surface area contributed by atoms with Crippen LogP contribution in [0.25, 0.3) is 22.1 Å². The monoisotopic (exact) mass is 346 g/mol. The molecule has 2 aromatic heterocycles. The van der Waals surface area contributed by atoms with Crippen molar-refractivity contribution in [3.63, 3.8) is 0 Å². The number of hydrogen-bond acceptors (Lipinski definition) is 2. The van der Waals surface area contributed by atoms with Crippen molar-refractivity contribution in [1.82, 2.24) is 9.88 Å². The van der Waals surface area contributed by atoms with Crippen LogP contribution in [0.3, 0.4) is 0 Å². The molecule has 0 fully saturated rings. The highest BCUT2D eigenvalue weighted by Gasteiger charge is 2.19. The fraction of sp³-hybridized carbons (Fsp3) is 0.227. The fourth-order valence-corrected chi connectivity index (χ4v) is 3.50. The van der Waals surface area contributed by atoms with Gasteiger partial charge in [0, 0.05) is 24.5 Å². The first-order chi connectivity index (χ1) is 12.8. The Labute approximate surface area is 152 Å². The lowest BCUT2D eigenvalue weighted by Crippen LogP contribution is -2.27. The van der Waals surface area contributed by atoms with E-state index in [0.717, 1.165) is 41.5 Å². The minimum Gasteiger partial charge on any atom is -0.454 e. The number of aromatic nitrogens is 1. The Bertz CT molecular complexity index is 1040. The molecule has 2 aromatic carbocycles. The molecule has 0 saturated carbocycles. The number of benzene rings is 2. The number of rotatable bonds is 6. The zero-order valence-corrected chi connectivity index (χ0v) is 14.9. The van der Waals surface area contributed by atoms with Crippen molar-refractivity contribution in [2.24, 2.45) is 0 Å². The summed E-state index contributed by atoms with van der Waals surface area (Å²) < 4.78 is 7.94. The zero-order chi connectivity index (χ0) is 17.9. The molecule has 0 atom stereocenters. The fourth-order valence-electron chi connectivity index (χ4n) is 3.50. The minimum atomic E-state index is -0.0459. The van der Waals surface area contributed by atoms with Crippen LogP contribution in [0, 0.1) is 0 Å². The molecule has 0 aliphatic rings. The van der Waals surface area contributed by atoms with Crippen molar-refractivity contribution < 1.29 is 9.21 Å². The Morgan fingerprint density at radius 3 is 2.62 bits per heavy atom. The summed E-state index contributed by atoms with van der Waals surface area (Å²) in [6.45, 7) is 3.43. The Kier molecular flexibility index (Phi) is 4.48. The van der Waals surface area contributed by atoms with E-state index in [-0.39, 0.29) is 5.91 Å². The maximum absolute atomic E-state index is 12.7. The van der Waals surface area contributed by atoms with Crippen LogP contribution in [-0.2, 0) is 13.0 Å². The number of carbonyl (C=O) groups excluding carboxylic acids is 1. The number of aryl methyl sites for hydroxylation is 2. The summed E-state index contributed by atoms with van der Waals surface area (Å²) >= 11 is 0. The van der Waals surface area contributed by atoms with Crippen LogP contribution in [0.4, 0.5) is 0 Å². The van der Waals surface area contributed by atoms with Crippen LogP contribution in [0.5, 0.6) is 0 Å².